The molecule has 0 N–H and O–H groups in total. The van der Waals surface area contributed by atoms with Crippen LogP contribution in [0.2, 0.25) is 0 Å². The minimum absolute atomic E-state index is 0.562. The third kappa shape index (κ3) is 2.18. The van der Waals surface area contributed by atoms with Crippen LogP contribution < -0.4 is 0 Å². The summed E-state index contributed by atoms with van der Waals surface area (Å²) >= 11 is 0. The molecule has 0 aliphatic carbocycles. The van der Waals surface area contributed by atoms with E-state index in [-0.39, 0.29) is 0 Å². The first-order valence-corrected chi connectivity index (χ1v) is 9.92. The van der Waals surface area contributed by atoms with Crippen molar-refractivity contribution < 1.29 is 8.83 Å². The molecule has 5 heterocycles. The number of nitrogens with zero attached hydrogens (tertiary/aromatic N) is 4. The molecule has 0 radical (unpaired) electrons. The first-order valence-electron chi connectivity index (χ1n) is 9.92. The second-order valence-corrected chi connectivity index (χ2v) is 7.55. The van der Waals surface area contributed by atoms with Gasteiger partial charge in [-0.3, -0.25) is 0 Å². The lowest BCUT2D eigenvalue weighted by Crippen LogP contribution is -2.03. The standard InChI is InChI=1S/C24H16N4O2/c1-3-7-19-17(5-1)25-23-21-11-9-16(29-21)14-28-20-8-4-2-6-18(20)26-24(28)22-12-10-15(30-22)13-27(19)23/h1-12H,13-14H2. The lowest BCUT2D eigenvalue weighted by Gasteiger charge is -2.09. The van der Waals surface area contributed by atoms with E-state index in [0.29, 0.717) is 13.1 Å². The van der Waals surface area contributed by atoms with Crippen molar-refractivity contribution in [1.29, 1.82) is 0 Å². The number of hydrogen-bond donors (Lipinski definition) is 0. The minimum Gasteiger partial charge on any atom is -0.456 e. The number of furan rings is 2. The molecule has 0 unspecified atom stereocenters. The number of rotatable bonds is 0. The van der Waals surface area contributed by atoms with Gasteiger partial charge in [0.25, 0.3) is 0 Å². The minimum atomic E-state index is 0.562. The molecule has 0 saturated heterocycles. The summed E-state index contributed by atoms with van der Waals surface area (Å²) in [6.07, 6.45) is 0. The average molecular weight is 392 g/mol. The van der Waals surface area contributed by atoms with Crippen molar-refractivity contribution >= 4 is 22.1 Å². The van der Waals surface area contributed by atoms with Crippen LogP contribution in [0.15, 0.2) is 81.6 Å². The van der Waals surface area contributed by atoms with Crippen LogP contribution in [0.1, 0.15) is 11.5 Å². The van der Waals surface area contributed by atoms with Crippen molar-refractivity contribution in [3.8, 4) is 23.2 Å². The van der Waals surface area contributed by atoms with E-state index in [9.17, 15) is 0 Å². The zero-order valence-corrected chi connectivity index (χ0v) is 15.9. The number of hydrogen-bond acceptors (Lipinski definition) is 4. The van der Waals surface area contributed by atoms with Gasteiger partial charge in [0.2, 0.25) is 0 Å². The van der Waals surface area contributed by atoms with Crippen molar-refractivity contribution in [1.82, 2.24) is 19.1 Å². The highest BCUT2D eigenvalue weighted by Gasteiger charge is 2.21. The number of para-hydroxylation sites is 4. The topological polar surface area (TPSA) is 61.9 Å². The van der Waals surface area contributed by atoms with Gasteiger partial charge in [0.1, 0.15) is 11.5 Å². The molecule has 7 rings (SSSR count). The highest BCUT2D eigenvalue weighted by atomic mass is 16.3. The average Bonchev–Trinajstić information content (AvgIpc) is 3.54. The Morgan fingerprint density at radius 1 is 0.567 bits per heavy atom. The quantitative estimate of drug-likeness (QED) is 0.351. The first-order chi connectivity index (χ1) is 14.8. The summed E-state index contributed by atoms with van der Waals surface area (Å²) in [6.45, 7) is 1.12. The Morgan fingerprint density at radius 3 is 1.53 bits per heavy atom. The predicted octanol–water partition coefficient (Wildman–Crippen LogP) is 5.32. The largest absolute Gasteiger partial charge is 0.456 e. The molecule has 2 aromatic carbocycles. The zero-order chi connectivity index (χ0) is 19.7. The maximum Gasteiger partial charge on any atom is 0.177 e. The summed E-state index contributed by atoms with van der Waals surface area (Å²) in [5, 5.41) is 0. The van der Waals surface area contributed by atoms with E-state index in [2.05, 4.69) is 21.3 Å². The van der Waals surface area contributed by atoms with Gasteiger partial charge >= 0.3 is 0 Å². The van der Waals surface area contributed by atoms with Crippen LogP contribution in [-0.2, 0) is 13.1 Å². The monoisotopic (exact) mass is 392 g/mol. The highest BCUT2D eigenvalue weighted by molar-refractivity contribution is 5.81. The summed E-state index contributed by atoms with van der Waals surface area (Å²) in [7, 11) is 0. The molecule has 0 spiro atoms. The lowest BCUT2D eigenvalue weighted by atomic mass is 10.3. The molecule has 30 heavy (non-hydrogen) atoms. The van der Waals surface area contributed by atoms with E-state index >= 15 is 0 Å². The van der Waals surface area contributed by atoms with Crippen LogP contribution >= 0.6 is 0 Å². The Morgan fingerprint density at radius 2 is 1.03 bits per heavy atom. The highest BCUT2D eigenvalue weighted by Crippen LogP contribution is 2.32. The first kappa shape index (κ1) is 15.8. The second kappa shape index (κ2) is 5.73. The van der Waals surface area contributed by atoms with Crippen molar-refractivity contribution in [2.75, 3.05) is 0 Å². The summed E-state index contributed by atoms with van der Waals surface area (Å²) in [4.78, 5) is 9.69. The van der Waals surface area contributed by atoms with Crippen LogP contribution in [0.3, 0.4) is 0 Å². The molecule has 144 valence electrons. The van der Waals surface area contributed by atoms with E-state index in [4.69, 9.17) is 18.8 Å². The zero-order valence-electron chi connectivity index (χ0n) is 15.9. The number of fused-ring (bicyclic) bond motifs is 12. The fraction of sp³-hybridized carbons (Fsp3) is 0.0833. The Labute approximate surface area is 171 Å². The molecule has 0 fully saturated rings. The molecule has 0 saturated carbocycles. The van der Waals surface area contributed by atoms with Gasteiger partial charge in [0.15, 0.2) is 23.2 Å². The fourth-order valence-electron chi connectivity index (χ4n) is 4.33. The van der Waals surface area contributed by atoms with E-state index in [1.54, 1.807) is 0 Å². The Kier molecular flexibility index (Phi) is 3.02. The second-order valence-electron chi connectivity index (χ2n) is 7.55. The van der Waals surface area contributed by atoms with Gasteiger partial charge in [0.05, 0.1) is 35.2 Å². The van der Waals surface area contributed by atoms with Crippen molar-refractivity contribution in [2.24, 2.45) is 0 Å². The molecule has 4 aromatic heterocycles. The maximum absolute atomic E-state index is 6.27. The Bertz CT molecular complexity index is 1440. The van der Waals surface area contributed by atoms with Gasteiger partial charge in [-0.25, -0.2) is 9.97 Å². The van der Waals surface area contributed by atoms with Crippen molar-refractivity contribution in [3.63, 3.8) is 0 Å². The van der Waals surface area contributed by atoms with Crippen LogP contribution in [0, 0.1) is 0 Å². The van der Waals surface area contributed by atoms with Gasteiger partial charge in [0, 0.05) is 0 Å². The van der Waals surface area contributed by atoms with E-state index < -0.39 is 0 Å². The lowest BCUT2D eigenvalue weighted by molar-refractivity contribution is 0.479. The van der Waals surface area contributed by atoms with E-state index in [0.717, 1.165) is 56.8 Å². The molecule has 6 aromatic rings. The normalized spacial score (nSPS) is 13.1. The van der Waals surface area contributed by atoms with E-state index in [1.165, 1.54) is 0 Å². The van der Waals surface area contributed by atoms with Crippen molar-refractivity contribution in [3.05, 3.63) is 84.3 Å². The summed E-state index contributed by atoms with van der Waals surface area (Å²) in [6, 6.07) is 24.3. The molecule has 0 atom stereocenters. The molecule has 6 nitrogen and oxygen atoms in total. The third-order valence-corrected chi connectivity index (χ3v) is 5.70. The van der Waals surface area contributed by atoms with Crippen LogP contribution in [0.5, 0.6) is 0 Å². The summed E-state index contributed by atoms with van der Waals surface area (Å²) < 4.78 is 16.8. The molecule has 1 aliphatic heterocycles. The van der Waals surface area contributed by atoms with Crippen molar-refractivity contribution in [2.45, 2.75) is 13.1 Å². The van der Waals surface area contributed by atoms with Gasteiger partial charge in [-0.1, -0.05) is 24.3 Å². The molecule has 6 heteroatoms. The summed E-state index contributed by atoms with van der Waals surface area (Å²) in [5.74, 6) is 4.80. The van der Waals surface area contributed by atoms with Crippen LogP contribution in [-0.4, -0.2) is 19.1 Å². The molecular weight excluding hydrogens is 376 g/mol. The number of imidazole rings is 2. The predicted molar refractivity (Wildman–Crippen MR) is 113 cm³/mol. The molecule has 4 bridgehead atoms. The molecule has 1 aliphatic rings. The van der Waals surface area contributed by atoms with E-state index in [1.807, 2.05) is 60.7 Å². The van der Waals surface area contributed by atoms with Gasteiger partial charge in [-0.2, -0.15) is 0 Å². The number of aromatic nitrogens is 4. The smallest absolute Gasteiger partial charge is 0.177 e. The van der Waals surface area contributed by atoms with Gasteiger partial charge < -0.3 is 18.0 Å². The van der Waals surface area contributed by atoms with Crippen LogP contribution in [0.25, 0.3) is 45.2 Å². The SMILES string of the molecule is c1ccc2c(c1)nc1n2Cc2ccc(o2)-c2nc3ccccc3n2Cc2ccc-1o2. The third-order valence-electron chi connectivity index (χ3n) is 5.70. The van der Waals surface area contributed by atoms with Gasteiger partial charge in [-0.05, 0) is 48.5 Å². The fourth-order valence-corrected chi connectivity index (χ4v) is 4.33. The molecular formula is C24H16N4O2. The Balaban J connectivity index is 1.52. The maximum atomic E-state index is 6.27. The number of benzene rings is 2. The Hall–Kier alpha value is -4.06. The molecule has 0 amide bonds. The van der Waals surface area contributed by atoms with Crippen LogP contribution in [0.4, 0.5) is 0 Å². The summed E-state index contributed by atoms with van der Waals surface area (Å²) in [5.41, 5.74) is 3.97. The van der Waals surface area contributed by atoms with Gasteiger partial charge in [-0.15, -0.1) is 0 Å².